The molecule has 0 amide bonds. The molecule has 2 N–H and O–H groups in total. The average Bonchev–Trinajstić information content (AvgIpc) is 3.16. The molecule has 0 unspecified atom stereocenters. The van der Waals surface area contributed by atoms with Crippen LogP contribution in [0, 0.1) is 0 Å². The molecule has 6 heteroatoms. The highest BCUT2D eigenvalue weighted by Crippen LogP contribution is 2.30. The Balaban J connectivity index is 1.69. The van der Waals surface area contributed by atoms with Crippen LogP contribution < -0.4 is 5.32 Å². The second kappa shape index (κ2) is 5.65. The van der Waals surface area contributed by atoms with Crippen LogP contribution in [0.5, 0.6) is 0 Å². The topological polar surface area (TPSA) is 80.0 Å². The van der Waals surface area contributed by atoms with E-state index in [-0.39, 0.29) is 0 Å². The van der Waals surface area contributed by atoms with E-state index in [1.807, 2.05) is 36.5 Å². The molecule has 0 atom stereocenters. The molecule has 1 aliphatic carbocycles. The van der Waals surface area contributed by atoms with Gasteiger partial charge in [-0.15, -0.1) is 5.10 Å². The molecule has 0 bridgehead atoms. The summed E-state index contributed by atoms with van der Waals surface area (Å²) in [6.07, 6.45) is 5.09. The van der Waals surface area contributed by atoms with Crippen LogP contribution >= 0.6 is 0 Å². The first-order valence-corrected chi connectivity index (χ1v) is 7.15. The highest BCUT2D eigenvalue weighted by molar-refractivity contribution is 5.79. The van der Waals surface area contributed by atoms with Crippen LogP contribution in [0.2, 0.25) is 0 Å². The summed E-state index contributed by atoms with van der Waals surface area (Å²) in [5.74, 6) is -0.768. The maximum absolute atomic E-state index is 11.5. The second-order valence-electron chi connectivity index (χ2n) is 5.44. The van der Waals surface area contributed by atoms with Crippen molar-refractivity contribution in [3.05, 3.63) is 42.2 Å². The summed E-state index contributed by atoms with van der Waals surface area (Å²) in [4.78, 5) is 11.5. The number of nitrogens with zero attached hydrogens (tertiary/aromatic N) is 3. The third-order valence-electron chi connectivity index (χ3n) is 4.04. The van der Waals surface area contributed by atoms with Crippen molar-refractivity contribution in [1.29, 1.82) is 0 Å². The van der Waals surface area contributed by atoms with Crippen molar-refractivity contribution in [1.82, 2.24) is 20.3 Å². The van der Waals surface area contributed by atoms with Gasteiger partial charge in [-0.1, -0.05) is 36.3 Å². The van der Waals surface area contributed by atoms with E-state index in [0.717, 1.165) is 24.2 Å². The van der Waals surface area contributed by atoms with Crippen molar-refractivity contribution in [3.63, 3.8) is 0 Å². The normalized spacial score (nSPS) is 17.0. The van der Waals surface area contributed by atoms with Gasteiger partial charge in [0.2, 0.25) is 0 Å². The Kier molecular flexibility index (Phi) is 3.70. The van der Waals surface area contributed by atoms with Crippen molar-refractivity contribution >= 4 is 5.97 Å². The van der Waals surface area contributed by atoms with Gasteiger partial charge >= 0.3 is 5.97 Å². The molecule has 21 heavy (non-hydrogen) atoms. The van der Waals surface area contributed by atoms with Gasteiger partial charge in [-0.25, -0.2) is 4.68 Å². The molecule has 1 fully saturated rings. The summed E-state index contributed by atoms with van der Waals surface area (Å²) >= 11 is 0. The summed E-state index contributed by atoms with van der Waals surface area (Å²) in [6.45, 7) is 0.416. The van der Waals surface area contributed by atoms with E-state index in [1.165, 1.54) is 0 Å². The van der Waals surface area contributed by atoms with Gasteiger partial charge in [0, 0.05) is 6.54 Å². The Bertz CT molecular complexity index is 618. The van der Waals surface area contributed by atoms with Crippen molar-refractivity contribution in [2.24, 2.45) is 0 Å². The minimum absolute atomic E-state index is 0.416. The van der Waals surface area contributed by atoms with E-state index < -0.39 is 11.5 Å². The summed E-state index contributed by atoms with van der Waals surface area (Å²) in [5.41, 5.74) is 0.882. The van der Waals surface area contributed by atoms with E-state index in [4.69, 9.17) is 0 Å². The fourth-order valence-electron chi connectivity index (χ4n) is 2.79. The summed E-state index contributed by atoms with van der Waals surface area (Å²) in [6, 6.07) is 9.71. The first kappa shape index (κ1) is 13.8. The molecule has 1 aromatic carbocycles. The van der Waals surface area contributed by atoms with Crippen LogP contribution in [0.3, 0.4) is 0 Å². The molecule has 6 nitrogen and oxygen atoms in total. The highest BCUT2D eigenvalue weighted by Gasteiger charge is 2.40. The van der Waals surface area contributed by atoms with Gasteiger partial charge in [-0.3, -0.25) is 10.1 Å². The van der Waals surface area contributed by atoms with Gasteiger partial charge in [-0.2, -0.15) is 0 Å². The van der Waals surface area contributed by atoms with Gasteiger partial charge in [0.15, 0.2) is 0 Å². The fraction of sp³-hybridized carbons (Fsp3) is 0.400. The SMILES string of the molecule is O=C(O)C1(NCc2cn(-c3ccccc3)nn2)CCCC1. The number of hydrogen-bond donors (Lipinski definition) is 2. The Hall–Kier alpha value is -2.21. The number of nitrogens with one attached hydrogen (secondary N) is 1. The monoisotopic (exact) mass is 286 g/mol. The summed E-state index contributed by atoms with van der Waals surface area (Å²) < 4.78 is 1.69. The zero-order valence-electron chi connectivity index (χ0n) is 11.7. The van der Waals surface area contributed by atoms with Gasteiger partial charge in [0.1, 0.15) is 5.54 Å². The number of carboxylic acid groups (broad SMARTS) is 1. The zero-order chi connectivity index (χ0) is 14.7. The van der Waals surface area contributed by atoms with Crippen LogP contribution in [0.25, 0.3) is 5.69 Å². The van der Waals surface area contributed by atoms with Crippen LogP contribution in [0.1, 0.15) is 31.4 Å². The standard InChI is InChI=1S/C15H18N4O2/c20-14(21)15(8-4-5-9-15)16-10-12-11-19(18-17-12)13-6-2-1-3-7-13/h1-3,6-7,11,16H,4-5,8-10H2,(H,20,21). The molecule has 1 aromatic heterocycles. The Morgan fingerprint density at radius 1 is 1.29 bits per heavy atom. The Morgan fingerprint density at radius 3 is 2.67 bits per heavy atom. The number of rotatable bonds is 5. The maximum Gasteiger partial charge on any atom is 0.323 e. The molecule has 1 aliphatic rings. The van der Waals surface area contributed by atoms with Crippen LogP contribution in [-0.4, -0.2) is 31.6 Å². The van der Waals surface area contributed by atoms with Gasteiger partial charge in [-0.05, 0) is 25.0 Å². The molecule has 1 heterocycles. The van der Waals surface area contributed by atoms with Crippen molar-refractivity contribution in [2.75, 3.05) is 0 Å². The predicted octanol–water partition coefficient (Wildman–Crippen LogP) is 1.75. The lowest BCUT2D eigenvalue weighted by atomic mass is 9.98. The van der Waals surface area contributed by atoms with Crippen molar-refractivity contribution in [3.8, 4) is 5.69 Å². The van der Waals surface area contributed by atoms with Gasteiger partial charge in [0.25, 0.3) is 0 Å². The van der Waals surface area contributed by atoms with Crippen molar-refractivity contribution in [2.45, 2.75) is 37.8 Å². The maximum atomic E-state index is 11.5. The lowest BCUT2D eigenvalue weighted by molar-refractivity contribution is -0.144. The van der Waals surface area contributed by atoms with E-state index in [0.29, 0.717) is 19.4 Å². The smallest absolute Gasteiger partial charge is 0.323 e. The van der Waals surface area contributed by atoms with Crippen LogP contribution in [0.15, 0.2) is 36.5 Å². The number of para-hydroxylation sites is 1. The first-order valence-electron chi connectivity index (χ1n) is 7.15. The third-order valence-corrected chi connectivity index (χ3v) is 4.04. The van der Waals surface area contributed by atoms with Gasteiger partial charge < -0.3 is 5.11 Å². The number of aromatic nitrogens is 3. The molecule has 110 valence electrons. The van der Waals surface area contributed by atoms with E-state index in [9.17, 15) is 9.90 Å². The summed E-state index contributed by atoms with van der Waals surface area (Å²) in [5, 5.41) is 20.8. The van der Waals surface area contributed by atoms with Crippen LogP contribution in [-0.2, 0) is 11.3 Å². The molecule has 0 radical (unpaired) electrons. The number of carbonyl (C=O) groups is 1. The molecule has 1 saturated carbocycles. The highest BCUT2D eigenvalue weighted by atomic mass is 16.4. The predicted molar refractivity (Wildman–Crippen MR) is 77.0 cm³/mol. The number of aliphatic carboxylic acids is 1. The Morgan fingerprint density at radius 2 is 2.00 bits per heavy atom. The van der Waals surface area contributed by atoms with E-state index >= 15 is 0 Å². The minimum Gasteiger partial charge on any atom is -0.480 e. The lowest BCUT2D eigenvalue weighted by Crippen LogP contribution is -2.49. The lowest BCUT2D eigenvalue weighted by Gasteiger charge is -2.24. The Labute approximate surface area is 122 Å². The average molecular weight is 286 g/mol. The zero-order valence-corrected chi connectivity index (χ0v) is 11.7. The number of hydrogen-bond acceptors (Lipinski definition) is 4. The first-order chi connectivity index (χ1) is 10.2. The largest absolute Gasteiger partial charge is 0.480 e. The molecule has 0 saturated heterocycles. The van der Waals surface area contributed by atoms with Crippen molar-refractivity contribution < 1.29 is 9.90 Å². The molecule has 0 aliphatic heterocycles. The summed E-state index contributed by atoms with van der Waals surface area (Å²) in [7, 11) is 0. The molecule has 3 rings (SSSR count). The van der Waals surface area contributed by atoms with E-state index in [1.54, 1.807) is 4.68 Å². The van der Waals surface area contributed by atoms with E-state index in [2.05, 4.69) is 15.6 Å². The molecular weight excluding hydrogens is 268 g/mol. The molecule has 0 spiro atoms. The fourth-order valence-corrected chi connectivity index (χ4v) is 2.79. The molecule has 2 aromatic rings. The second-order valence-corrected chi connectivity index (χ2v) is 5.44. The number of benzene rings is 1. The molecular formula is C15H18N4O2. The van der Waals surface area contributed by atoms with Gasteiger partial charge in [0.05, 0.1) is 17.6 Å². The minimum atomic E-state index is -0.795. The quantitative estimate of drug-likeness (QED) is 0.875. The number of carboxylic acids is 1. The van der Waals surface area contributed by atoms with Crippen LogP contribution in [0.4, 0.5) is 0 Å². The third kappa shape index (κ3) is 2.80.